The minimum Gasteiger partial charge on any atom is -0.464 e. The second kappa shape index (κ2) is 23.5. The maximum atomic E-state index is 12.4. The monoisotopic (exact) mass is 531 g/mol. The molecule has 36 heavy (non-hydrogen) atoms. The van der Waals surface area contributed by atoms with Crippen molar-refractivity contribution in [3.63, 3.8) is 0 Å². The van der Waals surface area contributed by atoms with E-state index in [4.69, 9.17) is 14.2 Å². The second-order valence-electron chi connectivity index (χ2n) is 9.04. The van der Waals surface area contributed by atoms with Gasteiger partial charge in [-0.1, -0.05) is 50.8 Å². The lowest BCUT2D eigenvalue weighted by Gasteiger charge is -2.18. The molecule has 0 spiro atoms. The summed E-state index contributed by atoms with van der Waals surface area (Å²) in [6.07, 6.45) is 8.88. The molecular formula is C26H45NO8S. The fourth-order valence-electron chi connectivity index (χ4n) is 3.39. The smallest absolute Gasteiger partial charge is 0.306 e. The molecule has 0 aliphatic rings. The molecule has 0 rings (SSSR count). The van der Waals surface area contributed by atoms with Crippen molar-refractivity contribution in [1.29, 1.82) is 0 Å². The normalized spacial score (nSPS) is 12.6. The molecule has 0 heterocycles. The van der Waals surface area contributed by atoms with Gasteiger partial charge in [-0.15, -0.1) is 0 Å². The minimum absolute atomic E-state index is 0.0325. The molecule has 9 nitrogen and oxygen atoms in total. The Hall–Kier alpha value is -1.94. The van der Waals surface area contributed by atoms with E-state index in [9.17, 15) is 24.0 Å². The number of nitrogens with zero attached hydrogens (tertiary/aromatic N) is 1. The average molecular weight is 532 g/mol. The summed E-state index contributed by atoms with van der Waals surface area (Å²) in [4.78, 5) is 60.0. The predicted molar refractivity (Wildman–Crippen MR) is 140 cm³/mol. The molecule has 0 N–H and O–H groups in total. The van der Waals surface area contributed by atoms with E-state index in [0.717, 1.165) is 44.9 Å². The van der Waals surface area contributed by atoms with Crippen LogP contribution in [0.1, 0.15) is 90.4 Å². The molecule has 0 fully saturated rings. The number of thioether (sulfide) groups is 1. The molecule has 2 atom stereocenters. The van der Waals surface area contributed by atoms with Gasteiger partial charge in [-0.05, 0) is 46.3 Å². The van der Waals surface area contributed by atoms with Gasteiger partial charge in [-0.25, -0.2) is 0 Å². The average Bonchev–Trinajstić information content (AvgIpc) is 2.84. The number of hydrogen-bond acceptors (Lipinski definition) is 10. The number of esters is 2. The van der Waals surface area contributed by atoms with E-state index >= 15 is 0 Å². The van der Waals surface area contributed by atoms with Crippen molar-refractivity contribution in [2.75, 3.05) is 33.9 Å². The predicted octanol–water partition coefficient (Wildman–Crippen LogP) is 4.09. The van der Waals surface area contributed by atoms with Gasteiger partial charge in [0.05, 0.1) is 0 Å². The number of ether oxygens (including phenoxy) is 3. The van der Waals surface area contributed by atoms with Crippen LogP contribution in [0.4, 0.5) is 0 Å². The highest BCUT2D eigenvalue weighted by atomic mass is 32.2. The molecule has 2 unspecified atom stereocenters. The molecule has 0 amide bonds. The summed E-state index contributed by atoms with van der Waals surface area (Å²) in [6, 6.07) is 0. The molecule has 0 saturated carbocycles. The van der Waals surface area contributed by atoms with Crippen LogP contribution < -0.4 is 0 Å². The van der Waals surface area contributed by atoms with E-state index in [2.05, 4.69) is 6.92 Å². The van der Waals surface area contributed by atoms with Gasteiger partial charge in [0.1, 0.15) is 19.5 Å². The topological polar surface area (TPSA) is 116 Å². The van der Waals surface area contributed by atoms with Crippen LogP contribution in [0.2, 0.25) is 0 Å². The third-order valence-electron chi connectivity index (χ3n) is 5.37. The van der Waals surface area contributed by atoms with E-state index in [-0.39, 0.29) is 42.4 Å². The van der Waals surface area contributed by atoms with Gasteiger partial charge >= 0.3 is 11.9 Å². The first-order valence-corrected chi connectivity index (χ1v) is 13.9. The van der Waals surface area contributed by atoms with Crippen LogP contribution in [0.5, 0.6) is 0 Å². The van der Waals surface area contributed by atoms with E-state index in [1.807, 2.05) is 19.0 Å². The van der Waals surface area contributed by atoms with Crippen LogP contribution in [0, 0.1) is 0 Å². The van der Waals surface area contributed by atoms with Gasteiger partial charge in [0.25, 0.3) is 6.47 Å². The summed E-state index contributed by atoms with van der Waals surface area (Å²) in [5.41, 5.74) is 0. The van der Waals surface area contributed by atoms with E-state index in [0.29, 0.717) is 32.1 Å². The van der Waals surface area contributed by atoms with E-state index in [1.54, 1.807) is 0 Å². The second-order valence-corrected chi connectivity index (χ2v) is 10.4. The Kier molecular flexibility index (Phi) is 22.2. The number of hydrogen-bond donors (Lipinski definition) is 0. The van der Waals surface area contributed by atoms with Gasteiger partial charge in [-0.2, -0.15) is 0 Å². The summed E-state index contributed by atoms with van der Waals surface area (Å²) in [5.74, 6) is -0.922. The van der Waals surface area contributed by atoms with Gasteiger partial charge in [0, 0.05) is 30.9 Å². The lowest BCUT2D eigenvalue weighted by molar-refractivity contribution is -0.164. The number of rotatable bonds is 24. The quantitative estimate of drug-likeness (QED) is 0.0780. The maximum Gasteiger partial charge on any atom is 0.306 e. The summed E-state index contributed by atoms with van der Waals surface area (Å²) in [7, 11) is 3.89. The molecule has 0 aromatic carbocycles. The molecule has 0 bridgehead atoms. The van der Waals surface area contributed by atoms with Crippen molar-refractivity contribution in [1.82, 2.24) is 4.90 Å². The summed E-state index contributed by atoms with van der Waals surface area (Å²) >= 11 is 1.17. The van der Waals surface area contributed by atoms with Crippen molar-refractivity contribution < 1.29 is 38.2 Å². The zero-order chi connectivity index (χ0) is 27.0. The molecule has 208 valence electrons. The van der Waals surface area contributed by atoms with E-state index < -0.39 is 12.1 Å². The maximum absolute atomic E-state index is 12.4. The zero-order valence-electron chi connectivity index (χ0n) is 22.2. The largest absolute Gasteiger partial charge is 0.464 e. The Balaban J connectivity index is 4.51. The molecular weight excluding hydrogens is 486 g/mol. The summed E-state index contributed by atoms with van der Waals surface area (Å²) in [6.45, 7) is 2.79. The first kappa shape index (κ1) is 34.1. The summed E-state index contributed by atoms with van der Waals surface area (Å²) in [5, 5.41) is -0.134. The lowest BCUT2D eigenvalue weighted by atomic mass is 10.1. The van der Waals surface area contributed by atoms with Gasteiger partial charge < -0.3 is 23.9 Å². The van der Waals surface area contributed by atoms with Crippen molar-refractivity contribution >= 4 is 41.6 Å². The SMILES string of the molecule is CCCCCCCCC(=O)OCC(COC=O)OC(=O)CCC(CCC=O)SC(=O)CCCN(C)C. The zero-order valence-corrected chi connectivity index (χ0v) is 23.1. The summed E-state index contributed by atoms with van der Waals surface area (Å²) < 4.78 is 15.3. The first-order chi connectivity index (χ1) is 17.3. The van der Waals surface area contributed by atoms with Crippen LogP contribution in [0.15, 0.2) is 0 Å². The molecule has 0 aromatic rings. The standard InChI is InChI=1S/C26H45NO8S/c1-4-5-6-7-8-9-13-24(30)34-20-22(19-33-21-29)35-25(31)16-15-23(12-11-18-28)36-26(32)14-10-17-27(2)3/h18,21-23H,4-17,19-20H2,1-3H3. The highest BCUT2D eigenvalue weighted by Crippen LogP contribution is 2.24. The molecule has 0 saturated heterocycles. The Morgan fingerprint density at radius 2 is 1.58 bits per heavy atom. The number of carbonyl (C=O) groups excluding carboxylic acids is 5. The highest BCUT2D eigenvalue weighted by molar-refractivity contribution is 8.14. The number of unbranched alkanes of at least 4 members (excludes halogenated alkanes) is 5. The van der Waals surface area contributed by atoms with Gasteiger partial charge in [0.2, 0.25) is 0 Å². The van der Waals surface area contributed by atoms with Crippen LogP contribution in [-0.4, -0.2) is 79.9 Å². The Morgan fingerprint density at radius 3 is 2.25 bits per heavy atom. The Morgan fingerprint density at radius 1 is 0.861 bits per heavy atom. The van der Waals surface area contributed by atoms with Crippen molar-refractivity contribution in [3.05, 3.63) is 0 Å². The fraction of sp³-hybridized carbons (Fsp3) is 0.808. The van der Waals surface area contributed by atoms with Crippen LogP contribution in [0.25, 0.3) is 0 Å². The van der Waals surface area contributed by atoms with Gasteiger partial charge in [-0.3, -0.25) is 19.2 Å². The van der Waals surface area contributed by atoms with Crippen molar-refractivity contribution in [3.8, 4) is 0 Å². The highest BCUT2D eigenvalue weighted by Gasteiger charge is 2.21. The minimum atomic E-state index is -0.898. The molecule has 10 heteroatoms. The fourth-order valence-corrected chi connectivity index (χ4v) is 4.52. The Labute approximate surface area is 220 Å². The molecule has 0 aliphatic heterocycles. The van der Waals surface area contributed by atoms with Gasteiger partial charge in [0.15, 0.2) is 11.2 Å². The van der Waals surface area contributed by atoms with Crippen LogP contribution >= 0.6 is 11.8 Å². The third kappa shape index (κ3) is 21.4. The van der Waals surface area contributed by atoms with Crippen LogP contribution in [0.3, 0.4) is 0 Å². The van der Waals surface area contributed by atoms with Crippen molar-refractivity contribution in [2.45, 2.75) is 102 Å². The Bertz CT molecular complexity index is 629. The molecule has 0 aromatic heterocycles. The molecule has 0 aliphatic carbocycles. The van der Waals surface area contributed by atoms with Crippen LogP contribution in [-0.2, 0) is 38.2 Å². The van der Waals surface area contributed by atoms with E-state index in [1.165, 1.54) is 24.6 Å². The molecule has 0 radical (unpaired) electrons. The number of aldehydes is 1. The van der Waals surface area contributed by atoms with Crippen molar-refractivity contribution in [2.24, 2.45) is 0 Å². The number of carbonyl (C=O) groups is 5. The third-order valence-corrected chi connectivity index (χ3v) is 6.65. The first-order valence-electron chi connectivity index (χ1n) is 13.0. The lowest BCUT2D eigenvalue weighted by Crippen LogP contribution is -2.30.